The number of halogens is 2. The summed E-state index contributed by atoms with van der Waals surface area (Å²) in [6.45, 7) is -0.373. The Bertz CT molecular complexity index is 822. The van der Waals surface area contributed by atoms with Gasteiger partial charge in [0, 0.05) is 17.0 Å². The number of carbonyl (C=O) groups is 2. The highest BCUT2D eigenvalue weighted by molar-refractivity contribution is 5.98. The first-order valence-corrected chi connectivity index (χ1v) is 8.32. The molecule has 7 heteroatoms. The lowest BCUT2D eigenvalue weighted by molar-refractivity contribution is -0.142. The Morgan fingerprint density at radius 3 is 2.41 bits per heavy atom. The van der Waals surface area contributed by atoms with E-state index in [0.717, 1.165) is 19.8 Å². The molecule has 1 aromatic rings. The number of nitrogens with one attached hydrogen (secondary N) is 1. The minimum atomic E-state index is -3.30. The fraction of sp³-hybridized carbons (Fsp3) is 0.400. The quantitative estimate of drug-likeness (QED) is 0.651. The van der Waals surface area contributed by atoms with Crippen molar-refractivity contribution in [3.63, 3.8) is 0 Å². The van der Waals surface area contributed by atoms with E-state index >= 15 is 0 Å². The molecule has 1 aliphatic rings. The van der Waals surface area contributed by atoms with Crippen LogP contribution >= 0.6 is 0 Å². The summed E-state index contributed by atoms with van der Waals surface area (Å²) in [6.07, 6.45) is -1.08. The van der Waals surface area contributed by atoms with E-state index in [2.05, 4.69) is 29.0 Å². The zero-order valence-electron chi connectivity index (χ0n) is 14.6. The predicted molar refractivity (Wildman–Crippen MR) is 93.8 cm³/mol. The predicted octanol–water partition coefficient (Wildman–Crippen LogP) is 1.13. The Morgan fingerprint density at radius 2 is 1.89 bits per heavy atom. The van der Waals surface area contributed by atoms with Crippen LogP contribution < -0.4 is 5.32 Å². The van der Waals surface area contributed by atoms with Gasteiger partial charge >= 0.3 is 0 Å². The van der Waals surface area contributed by atoms with Gasteiger partial charge in [0.15, 0.2) is 5.78 Å². The Balaban J connectivity index is 2.09. The van der Waals surface area contributed by atoms with Crippen LogP contribution in [0.1, 0.15) is 35.7 Å². The lowest BCUT2D eigenvalue weighted by atomic mass is 9.93. The molecule has 0 radical (unpaired) electrons. The molecule has 2 rings (SSSR count). The minimum Gasteiger partial charge on any atom is -0.388 e. The minimum absolute atomic E-state index is 0.0884. The number of Topliss-reactive ketones (excluding diaryl/α,β-unsaturated/α-hetero) is 1. The van der Waals surface area contributed by atoms with E-state index in [9.17, 15) is 23.5 Å². The summed E-state index contributed by atoms with van der Waals surface area (Å²) in [7, 11) is 0. The van der Waals surface area contributed by atoms with Crippen molar-refractivity contribution in [1.82, 2.24) is 5.32 Å². The van der Waals surface area contributed by atoms with Crippen LogP contribution in [0.5, 0.6) is 0 Å². The average Bonchev–Trinajstić information content (AvgIpc) is 3.47. The van der Waals surface area contributed by atoms with Crippen LogP contribution in [0.15, 0.2) is 24.3 Å². The maximum Gasteiger partial charge on any atom is 0.269 e. The molecule has 142 valence electrons. The molecule has 27 heavy (non-hydrogen) atoms. The lowest BCUT2D eigenvalue weighted by Gasteiger charge is -2.31. The van der Waals surface area contributed by atoms with Crippen LogP contribution in [0.3, 0.4) is 0 Å². The first-order valence-electron chi connectivity index (χ1n) is 8.32. The van der Waals surface area contributed by atoms with Gasteiger partial charge in [0.05, 0.1) is 0 Å². The van der Waals surface area contributed by atoms with E-state index in [1.165, 1.54) is 12.1 Å². The summed E-state index contributed by atoms with van der Waals surface area (Å²) in [6, 6.07) is 3.97. The molecule has 1 fully saturated rings. The van der Waals surface area contributed by atoms with Gasteiger partial charge < -0.3 is 15.5 Å². The molecule has 0 bridgehead atoms. The van der Waals surface area contributed by atoms with Gasteiger partial charge in [-0.25, -0.2) is 8.78 Å². The van der Waals surface area contributed by atoms with Gasteiger partial charge in [-0.05, 0) is 55.9 Å². The topological polar surface area (TPSA) is 86.6 Å². The second-order valence-corrected chi connectivity index (χ2v) is 6.43. The molecule has 5 nitrogen and oxygen atoms in total. The first-order chi connectivity index (χ1) is 12.8. The molecular weight excluding hydrogens is 356 g/mol. The number of ketones is 1. The van der Waals surface area contributed by atoms with Crippen molar-refractivity contribution in [2.75, 3.05) is 6.61 Å². The number of hydrogen-bond acceptors (Lipinski definition) is 4. The summed E-state index contributed by atoms with van der Waals surface area (Å²) < 4.78 is 26.0. The smallest absolute Gasteiger partial charge is 0.269 e. The monoisotopic (exact) mass is 375 g/mol. The van der Waals surface area contributed by atoms with E-state index in [1.54, 1.807) is 12.1 Å². The highest BCUT2D eigenvalue weighted by Crippen LogP contribution is 2.27. The molecular formula is C20H19F2NO4. The van der Waals surface area contributed by atoms with E-state index < -0.39 is 36.4 Å². The highest BCUT2D eigenvalue weighted by atomic mass is 19.3. The third-order valence-electron chi connectivity index (χ3n) is 4.05. The average molecular weight is 375 g/mol. The molecule has 1 amide bonds. The van der Waals surface area contributed by atoms with E-state index in [1.807, 2.05) is 0 Å². The van der Waals surface area contributed by atoms with Crippen molar-refractivity contribution in [1.29, 1.82) is 0 Å². The number of rotatable bonds is 6. The van der Waals surface area contributed by atoms with Crippen LogP contribution in [-0.2, 0) is 4.79 Å². The molecule has 1 aliphatic carbocycles. The number of alkyl halides is 2. The fourth-order valence-corrected chi connectivity index (χ4v) is 2.16. The van der Waals surface area contributed by atoms with Gasteiger partial charge in [-0.3, -0.25) is 9.59 Å². The van der Waals surface area contributed by atoms with Gasteiger partial charge in [-0.15, -0.1) is 0 Å². The second-order valence-electron chi connectivity index (χ2n) is 6.43. The number of aliphatic hydroxyl groups excluding tert-OH is 1. The largest absolute Gasteiger partial charge is 0.388 e. The molecule has 0 unspecified atom stereocenters. The van der Waals surface area contributed by atoms with E-state index in [0.29, 0.717) is 11.5 Å². The molecule has 2 atom stereocenters. The molecule has 0 spiro atoms. The van der Waals surface area contributed by atoms with Crippen LogP contribution in [0.2, 0.25) is 0 Å². The summed E-state index contributed by atoms with van der Waals surface area (Å²) in [5.41, 5.74) is -2.12. The van der Waals surface area contributed by atoms with Crippen molar-refractivity contribution in [2.45, 2.75) is 37.8 Å². The van der Waals surface area contributed by atoms with Crippen LogP contribution in [0.4, 0.5) is 8.78 Å². The third kappa shape index (κ3) is 5.62. The summed E-state index contributed by atoms with van der Waals surface area (Å²) >= 11 is 0. The van der Waals surface area contributed by atoms with Crippen molar-refractivity contribution in [3.05, 3.63) is 35.4 Å². The van der Waals surface area contributed by atoms with Crippen molar-refractivity contribution < 1.29 is 28.6 Å². The van der Waals surface area contributed by atoms with E-state index in [-0.39, 0.29) is 5.56 Å². The maximum absolute atomic E-state index is 13.0. The maximum atomic E-state index is 13.0. The molecule has 0 aromatic heterocycles. The van der Waals surface area contributed by atoms with Gasteiger partial charge in [0.2, 0.25) is 0 Å². The number of aliphatic hydroxyl groups is 2. The Hall–Kier alpha value is -2.74. The standard InChI is InChI=1S/C20H19F2NO4/c1-20(27,19(21)22)17(16(25)12-24)23-18(26)15-10-8-14(9-11-15)5-3-2-4-13-6-7-13/h8-11,13,17,19,24,27H,6-7,12H2,1H3,(H,23,26)/t17-,20+/m1/s1. The van der Waals surface area contributed by atoms with Crippen molar-refractivity contribution in [3.8, 4) is 23.7 Å². The van der Waals surface area contributed by atoms with Gasteiger partial charge in [-0.2, -0.15) is 0 Å². The zero-order valence-corrected chi connectivity index (χ0v) is 14.6. The summed E-state index contributed by atoms with van der Waals surface area (Å²) in [4.78, 5) is 23.9. The SMILES string of the molecule is C[C@@](O)(C(F)F)[C@H](NC(=O)c1ccc(C#CC#CC2CC2)cc1)C(=O)CO. The Morgan fingerprint density at radius 1 is 1.26 bits per heavy atom. The van der Waals surface area contributed by atoms with Crippen molar-refractivity contribution >= 4 is 11.7 Å². The number of hydrogen-bond donors (Lipinski definition) is 3. The molecule has 0 aliphatic heterocycles. The second kappa shape index (κ2) is 8.77. The fourth-order valence-electron chi connectivity index (χ4n) is 2.16. The van der Waals surface area contributed by atoms with Crippen molar-refractivity contribution in [2.24, 2.45) is 5.92 Å². The number of amides is 1. The van der Waals surface area contributed by atoms with Crippen LogP contribution in [-0.4, -0.2) is 46.6 Å². The molecule has 0 saturated heterocycles. The number of carbonyl (C=O) groups excluding carboxylic acids is 2. The summed E-state index contributed by atoms with van der Waals surface area (Å²) in [5.74, 6) is 9.77. The normalized spacial score (nSPS) is 16.2. The Kier molecular flexibility index (Phi) is 6.68. The molecule has 1 aromatic carbocycles. The summed E-state index contributed by atoms with van der Waals surface area (Å²) in [5, 5.41) is 20.8. The van der Waals surface area contributed by atoms with Gasteiger partial charge in [-0.1, -0.05) is 11.8 Å². The molecule has 0 heterocycles. The van der Waals surface area contributed by atoms with Crippen LogP contribution in [0, 0.1) is 29.6 Å². The molecule has 1 saturated carbocycles. The lowest BCUT2D eigenvalue weighted by Crippen LogP contribution is -2.59. The Labute approximate surface area is 155 Å². The van der Waals surface area contributed by atoms with Gasteiger partial charge in [0.1, 0.15) is 18.2 Å². The third-order valence-corrected chi connectivity index (χ3v) is 4.05. The first kappa shape index (κ1) is 20.6. The zero-order chi connectivity index (χ0) is 20.0. The van der Waals surface area contributed by atoms with E-state index in [4.69, 9.17) is 5.11 Å². The van der Waals surface area contributed by atoms with Crippen LogP contribution in [0.25, 0.3) is 0 Å². The highest BCUT2D eigenvalue weighted by Gasteiger charge is 2.45. The number of benzene rings is 1. The van der Waals surface area contributed by atoms with Gasteiger partial charge in [0.25, 0.3) is 12.3 Å². The molecule has 3 N–H and O–H groups in total.